The van der Waals surface area contributed by atoms with Crippen LogP contribution in [-0.4, -0.2) is 76.7 Å². The second kappa shape index (κ2) is 12.9. The van der Waals surface area contributed by atoms with Gasteiger partial charge in [-0.25, -0.2) is 0 Å². The largest absolute Gasteiger partial charge is 0.416 e. The number of carbonyl (C=O) groups is 2. The molecule has 6 rings (SSSR count). The van der Waals surface area contributed by atoms with E-state index < -0.39 is 17.6 Å². The highest BCUT2D eigenvalue weighted by molar-refractivity contribution is 6.10. The molecule has 12 heteroatoms. The van der Waals surface area contributed by atoms with Crippen molar-refractivity contribution in [3.63, 3.8) is 0 Å². The number of likely N-dealkylation sites (N-methyl/N-ethyl adjacent to an activating group) is 1. The van der Waals surface area contributed by atoms with Crippen LogP contribution in [0.15, 0.2) is 54.9 Å². The maximum atomic E-state index is 14.5. The molecule has 47 heavy (non-hydrogen) atoms. The Kier molecular flexibility index (Phi) is 9.01. The Hall–Kier alpha value is -4.03. The standard InChI is InChI=1S/C35H42F3N7O2/c1-23-16-34(17-23,33-41-40-22-43(33)4)26-7-5-8-27(15-26)45-21-29-28(32(45)47)13-25(14-30(29)35(36,37)38)20-44-12-10-24(19-44)18-39-31(46)9-6-11-42(2)3/h5-9,13-15,22-24H,10-12,16-21H2,1-4H3,(H,39,46)/b9-6+/t23?,24-,34?/m0/s1. The Labute approximate surface area is 273 Å². The Morgan fingerprint density at radius 2 is 1.98 bits per heavy atom. The van der Waals surface area contributed by atoms with E-state index in [0.717, 1.165) is 30.7 Å². The number of anilines is 1. The first-order valence-electron chi connectivity index (χ1n) is 16.2. The molecule has 1 atom stereocenters. The van der Waals surface area contributed by atoms with Gasteiger partial charge in [0.05, 0.1) is 17.5 Å². The highest BCUT2D eigenvalue weighted by atomic mass is 19.4. The van der Waals surface area contributed by atoms with Crippen LogP contribution in [0.1, 0.15) is 64.6 Å². The molecule has 3 aromatic rings. The third-order valence-electron chi connectivity index (χ3n) is 9.73. The van der Waals surface area contributed by atoms with Crippen LogP contribution in [0.5, 0.6) is 0 Å². The van der Waals surface area contributed by atoms with Gasteiger partial charge in [0.25, 0.3) is 5.91 Å². The number of hydrogen-bond acceptors (Lipinski definition) is 6. The summed E-state index contributed by atoms with van der Waals surface area (Å²) in [5, 5.41) is 11.4. The van der Waals surface area contributed by atoms with Gasteiger partial charge in [0.2, 0.25) is 5.91 Å². The van der Waals surface area contributed by atoms with Crippen molar-refractivity contribution in [1.29, 1.82) is 0 Å². The monoisotopic (exact) mass is 649 g/mol. The molecule has 1 saturated heterocycles. The van der Waals surface area contributed by atoms with Gasteiger partial charge in [0, 0.05) is 50.6 Å². The van der Waals surface area contributed by atoms with Crippen molar-refractivity contribution in [3.05, 3.63) is 88.5 Å². The maximum absolute atomic E-state index is 14.5. The van der Waals surface area contributed by atoms with Gasteiger partial charge in [0.15, 0.2) is 0 Å². The molecule has 1 aliphatic carbocycles. The molecular formula is C35H42F3N7O2. The molecule has 2 fully saturated rings. The number of amides is 2. The van der Waals surface area contributed by atoms with Gasteiger partial charge in [-0.15, -0.1) is 10.2 Å². The smallest absolute Gasteiger partial charge is 0.352 e. The minimum atomic E-state index is -4.60. The third kappa shape index (κ3) is 6.71. The molecule has 2 amide bonds. The molecule has 9 nitrogen and oxygen atoms in total. The third-order valence-corrected chi connectivity index (χ3v) is 9.73. The summed E-state index contributed by atoms with van der Waals surface area (Å²) < 4.78 is 45.3. The summed E-state index contributed by atoms with van der Waals surface area (Å²) in [6.07, 6.45) is 2.96. The first-order chi connectivity index (χ1) is 22.3. The van der Waals surface area contributed by atoms with Gasteiger partial charge in [-0.2, -0.15) is 13.2 Å². The van der Waals surface area contributed by atoms with Crippen LogP contribution in [0, 0.1) is 11.8 Å². The summed E-state index contributed by atoms with van der Waals surface area (Å²) in [5.41, 5.74) is 1.01. The number of benzene rings is 2. The van der Waals surface area contributed by atoms with Crippen molar-refractivity contribution in [2.45, 2.75) is 50.9 Å². The lowest BCUT2D eigenvalue weighted by Crippen LogP contribution is -2.43. The molecule has 1 aromatic heterocycles. The fraction of sp³-hybridized carbons (Fsp3) is 0.486. The topological polar surface area (TPSA) is 86.6 Å². The molecule has 0 spiro atoms. The van der Waals surface area contributed by atoms with Crippen LogP contribution in [-0.2, 0) is 36.5 Å². The van der Waals surface area contributed by atoms with E-state index in [0.29, 0.717) is 49.9 Å². The van der Waals surface area contributed by atoms with Crippen LogP contribution in [0.3, 0.4) is 0 Å². The fourth-order valence-corrected chi connectivity index (χ4v) is 7.54. The minimum Gasteiger partial charge on any atom is -0.352 e. The average Bonchev–Trinajstić information content (AvgIpc) is 3.72. The number of carbonyl (C=O) groups excluding carboxylic acids is 2. The number of hydrogen-bond donors (Lipinski definition) is 1. The summed E-state index contributed by atoms with van der Waals surface area (Å²) in [4.78, 5) is 31.5. The average molecular weight is 650 g/mol. The first-order valence-corrected chi connectivity index (χ1v) is 16.2. The predicted octanol–water partition coefficient (Wildman–Crippen LogP) is 4.77. The van der Waals surface area contributed by atoms with Gasteiger partial charge < -0.3 is 19.7 Å². The van der Waals surface area contributed by atoms with Crippen molar-refractivity contribution < 1.29 is 22.8 Å². The molecule has 250 valence electrons. The van der Waals surface area contributed by atoms with Gasteiger partial charge >= 0.3 is 6.18 Å². The number of likely N-dealkylation sites (tertiary alicyclic amines) is 1. The summed E-state index contributed by atoms with van der Waals surface area (Å²) in [7, 11) is 5.76. The predicted molar refractivity (Wildman–Crippen MR) is 173 cm³/mol. The summed E-state index contributed by atoms with van der Waals surface area (Å²) in [5.74, 6) is 0.948. The Morgan fingerprint density at radius 1 is 1.19 bits per heavy atom. The number of nitrogens with zero attached hydrogens (tertiary/aromatic N) is 6. The van der Waals surface area contributed by atoms with Crippen molar-refractivity contribution >= 4 is 17.5 Å². The van der Waals surface area contributed by atoms with Crippen molar-refractivity contribution in [2.24, 2.45) is 18.9 Å². The van der Waals surface area contributed by atoms with E-state index in [9.17, 15) is 22.8 Å². The van der Waals surface area contributed by atoms with Crippen LogP contribution in [0.4, 0.5) is 18.9 Å². The highest BCUT2D eigenvalue weighted by Crippen LogP contribution is 2.52. The lowest BCUT2D eigenvalue weighted by molar-refractivity contribution is -0.138. The zero-order chi connectivity index (χ0) is 33.5. The molecule has 1 saturated carbocycles. The lowest BCUT2D eigenvalue weighted by atomic mass is 9.58. The maximum Gasteiger partial charge on any atom is 0.416 e. The number of alkyl halides is 3. The lowest BCUT2D eigenvalue weighted by Gasteiger charge is -2.46. The van der Waals surface area contributed by atoms with E-state index in [1.807, 2.05) is 48.8 Å². The normalized spacial score (nSPS) is 23.1. The van der Waals surface area contributed by atoms with Crippen LogP contribution in [0.2, 0.25) is 0 Å². The number of nitrogens with one attached hydrogen (secondary N) is 1. The van der Waals surface area contributed by atoms with E-state index in [-0.39, 0.29) is 34.9 Å². The summed E-state index contributed by atoms with van der Waals surface area (Å²) in [6.45, 7) is 4.86. The molecule has 0 radical (unpaired) electrons. The van der Waals surface area contributed by atoms with Crippen molar-refractivity contribution in [2.75, 3.05) is 45.2 Å². The Balaban J connectivity index is 1.19. The quantitative estimate of drug-likeness (QED) is 0.319. The zero-order valence-electron chi connectivity index (χ0n) is 27.3. The van der Waals surface area contributed by atoms with Crippen LogP contribution in [0.25, 0.3) is 0 Å². The summed E-state index contributed by atoms with van der Waals surface area (Å²) >= 11 is 0. The number of aromatic nitrogens is 3. The molecule has 3 heterocycles. The zero-order valence-corrected chi connectivity index (χ0v) is 27.3. The molecule has 1 N–H and O–H groups in total. The Bertz CT molecular complexity index is 1680. The second-order valence-electron chi connectivity index (χ2n) is 13.8. The first kappa shape index (κ1) is 32.9. The van der Waals surface area contributed by atoms with Crippen molar-refractivity contribution in [3.8, 4) is 0 Å². The molecule has 2 aliphatic heterocycles. The number of aryl methyl sites for hydroxylation is 1. The van der Waals surface area contributed by atoms with E-state index >= 15 is 0 Å². The molecule has 2 aromatic carbocycles. The van der Waals surface area contributed by atoms with E-state index in [1.54, 1.807) is 24.5 Å². The van der Waals surface area contributed by atoms with Crippen LogP contribution < -0.4 is 10.2 Å². The highest BCUT2D eigenvalue weighted by Gasteiger charge is 2.48. The van der Waals surface area contributed by atoms with Crippen LogP contribution >= 0.6 is 0 Å². The number of fused-ring (bicyclic) bond motifs is 1. The van der Waals surface area contributed by atoms with E-state index in [1.165, 1.54) is 17.0 Å². The molecular weight excluding hydrogens is 607 g/mol. The minimum absolute atomic E-state index is 0.0151. The number of halogens is 3. The van der Waals surface area contributed by atoms with E-state index in [4.69, 9.17) is 0 Å². The van der Waals surface area contributed by atoms with Crippen molar-refractivity contribution in [1.82, 2.24) is 29.9 Å². The molecule has 0 bridgehead atoms. The van der Waals surface area contributed by atoms with E-state index in [2.05, 4.69) is 27.3 Å². The number of rotatable bonds is 10. The molecule has 3 aliphatic rings. The van der Waals surface area contributed by atoms with Gasteiger partial charge in [-0.1, -0.05) is 25.1 Å². The fourth-order valence-electron chi connectivity index (χ4n) is 7.54. The second-order valence-corrected chi connectivity index (χ2v) is 13.8. The molecule has 0 unspecified atom stereocenters. The summed E-state index contributed by atoms with van der Waals surface area (Å²) in [6, 6.07) is 10.4. The SMILES string of the molecule is CC1CC(c2cccc(N3Cc4c(cc(CN5CC[C@@H](CNC(=O)/C=C/CN(C)C)C5)cc4C(F)(F)F)C3=O)c2)(c2nncn2C)C1. The van der Waals surface area contributed by atoms with Gasteiger partial charge in [-0.05, 0) is 92.7 Å². The Morgan fingerprint density at radius 3 is 2.66 bits per heavy atom. The van der Waals surface area contributed by atoms with Gasteiger partial charge in [0.1, 0.15) is 12.2 Å². The van der Waals surface area contributed by atoms with Gasteiger partial charge in [-0.3, -0.25) is 14.5 Å².